The topological polar surface area (TPSA) is 37.8 Å². The summed E-state index contributed by atoms with van der Waals surface area (Å²) in [7, 11) is 0. The number of aromatic nitrogens is 2. The summed E-state index contributed by atoms with van der Waals surface area (Å²) in [4.78, 5) is 8.48. The Balaban J connectivity index is 2.24. The highest BCUT2D eigenvalue weighted by Gasteiger charge is 2.02. The number of nitrogens with zero attached hydrogens (tertiary/aromatic N) is 2. The number of rotatable bonds is 8. The molecule has 0 saturated heterocycles. The number of anilines is 1. The van der Waals surface area contributed by atoms with Gasteiger partial charge in [0.2, 0.25) is 0 Å². The average Bonchev–Trinajstić information content (AvgIpc) is 2.34. The van der Waals surface area contributed by atoms with E-state index in [2.05, 4.69) is 35.4 Å². The first-order chi connectivity index (χ1) is 8.24. The van der Waals surface area contributed by atoms with Gasteiger partial charge in [-0.1, -0.05) is 20.3 Å². The van der Waals surface area contributed by atoms with Crippen LogP contribution in [0, 0.1) is 0 Å². The molecule has 96 valence electrons. The number of nitrogens with one attached hydrogen (secondary N) is 1. The van der Waals surface area contributed by atoms with Crippen LogP contribution < -0.4 is 5.32 Å². The quantitative estimate of drug-likeness (QED) is 0.719. The molecule has 0 fully saturated rings. The molecule has 1 heterocycles. The lowest BCUT2D eigenvalue weighted by atomic mass is 10.1. The SMILES string of the molecule is CSCCCCCNc1cc(C(C)C)ncn1. The molecule has 1 N–H and O–H groups in total. The first-order valence-electron chi connectivity index (χ1n) is 6.28. The van der Waals surface area contributed by atoms with Crippen molar-refractivity contribution in [2.24, 2.45) is 0 Å². The predicted molar refractivity (Wildman–Crippen MR) is 76.8 cm³/mol. The molecule has 0 radical (unpaired) electrons. The van der Waals surface area contributed by atoms with E-state index in [1.54, 1.807) is 6.33 Å². The van der Waals surface area contributed by atoms with Gasteiger partial charge in [-0.15, -0.1) is 0 Å². The van der Waals surface area contributed by atoms with Crippen LogP contribution in [0.15, 0.2) is 12.4 Å². The highest BCUT2D eigenvalue weighted by atomic mass is 32.2. The Morgan fingerprint density at radius 1 is 1.24 bits per heavy atom. The molecule has 0 saturated carbocycles. The van der Waals surface area contributed by atoms with E-state index in [4.69, 9.17) is 0 Å². The van der Waals surface area contributed by atoms with Gasteiger partial charge < -0.3 is 5.32 Å². The van der Waals surface area contributed by atoms with Gasteiger partial charge in [-0.2, -0.15) is 11.8 Å². The van der Waals surface area contributed by atoms with E-state index in [0.717, 1.165) is 18.1 Å². The molecule has 0 aromatic carbocycles. The van der Waals surface area contributed by atoms with Crippen LogP contribution in [0.5, 0.6) is 0 Å². The third-order valence-electron chi connectivity index (χ3n) is 2.61. The Kier molecular flexibility index (Phi) is 7.01. The van der Waals surface area contributed by atoms with E-state index in [9.17, 15) is 0 Å². The second-order valence-corrected chi connectivity index (χ2v) is 5.45. The van der Waals surface area contributed by atoms with Gasteiger partial charge in [0.1, 0.15) is 12.1 Å². The Bertz CT molecular complexity index is 315. The lowest BCUT2D eigenvalue weighted by molar-refractivity contribution is 0.746. The minimum Gasteiger partial charge on any atom is -0.370 e. The van der Waals surface area contributed by atoms with Crippen LogP contribution >= 0.6 is 11.8 Å². The van der Waals surface area contributed by atoms with Gasteiger partial charge in [-0.05, 0) is 30.8 Å². The molecule has 0 bridgehead atoms. The van der Waals surface area contributed by atoms with Crippen molar-refractivity contribution in [1.29, 1.82) is 0 Å². The summed E-state index contributed by atoms with van der Waals surface area (Å²) in [5.41, 5.74) is 1.10. The maximum atomic E-state index is 4.25. The van der Waals surface area contributed by atoms with E-state index in [1.165, 1.54) is 25.0 Å². The first-order valence-corrected chi connectivity index (χ1v) is 7.68. The van der Waals surface area contributed by atoms with Gasteiger partial charge in [0.05, 0.1) is 0 Å². The van der Waals surface area contributed by atoms with Crippen LogP contribution in [-0.2, 0) is 0 Å². The Morgan fingerprint density at radius 2 is 2.06 bits per heavy atom. The summed E-state index contributed by atoms with van der Waals surface area (Å²) in [6, 6.07) is 2.05. The van der Waals surface area contributed by atoms with E-state index in [1.807, 2.05) is 17.8 Å². The molecular formula is C13H23N3S. The molecule has 0 aliphatic rings. The molecule has 0 aliphatic heterocycles. The Hall–Kier alpha value is -0.770. The Morgan fingerprint density at radius 3 is 2.76 bits per heavy atom. The van der Waals surface area contributed by atoms with Crippen LogP contribution in [0.2, 0.25) is 0 Å². The van der Waals surface area contributed by atoms with Crippen molar-refractivity contribution in [3.8, 4) is 0 Å². The molecule has 3 nitrogen and oxygen atoms in total. The number of hydrogen-bond acceptors (Lipinski definition) is 4. The molecule has 0 amide bonds. The maximum Gasteiger partial charge on any atom is 0.129 e. The highest BCUT2D eigenvalue weighted by Crippen LogP contribution is 2.13. The molecule has 0 spiro atoms. The number of unbranched alkanes of at least 4 members (excludes halogenated alkanes) is 2. The predicted octanol–water partition coefficient (Wildman–Crippen LogP) is 3.55. The van der Waals surface area contributed by atoms with Crippen molar-refractivity contribution in [2.75, 3.05) is 23.9 Å². The zero-order valence-corrected chi connectivity index (χ0v) is 11.9. The normalized spacial score (nSPS) is 10.8. The highest BCUT2D eigenvalue weighted by molar-refractivity contribution is 7.98. The molecule has 1 aromatic heterocycles. The van der Waals surface area contributed by atoms with E-state index < -0.39 is 0 Å². The summed E-state index contributed by atoms with van der Waals surface area (Å²) in [5.74, 6) is 2.68. The van der Waals surface area contributed by atoms with Crippen LogP contribution in [-0.4, -0.2) is 28.5 Å². The molecule has 1 aromatic rings. The van der Waals surface area contributed by atoms with E-state index >= 15 is 0 Å². The van der Waals surface area contributed by atoms with Gasteiger partial charge >= 0.3 is 0 Å². The monoisotopic (exact) mass is 253 g/mol. The molecule has 0 unspecified atom stereocenters. The zero-order chi connectivity index (χ0) is 12.5. The maximum absolute atomic E-state index is 4.25. The van der Waals surface area contributed by atoms with Crippen molar-refractivity contribution in [2.45, 2.75) is 39.0 Å². The Labute approximate surface area is 109 Å². The number of thioether (sulfide) groups is 1. The summed E-state index contributed by atoms with van der Waals surface area (Å²) >= 11 is 1.92. The number of hydrogen-bond donors (Lipinski definition) is 1. The second-order valence-electron chi connectivity index (χ2n) is 4.46. The lowest BCUT2D eigenvalue weighted by Gasteiger charge is -2.08. The third-order valence-corrected chi connectivity index (χ3v) is 3.31. The average molecular weight is 253 g/mol. The first kappa shape index (κ1) is 14.3. The summed E-state index contributed by atoms with van der Waals surface area (Å²) in [6.45, 7) is 5.30. The molecular weight excluding hydrogens is 230 g/mol. The fourth-order valence-electron chi connectivity index (χ4n) is 1.55. The fourth-order valence-corrected chi connectivity index (χ4v) is 2.04. The fraction of sp³-hybridized carbons (Fsp3) is 0.692. The minimum atomic E-state index is 0.458. The third kappa shape index (κ3) is 5.91. The van der Waals surface area contributed by atoms with Crippen molar-refractivity contribution in [3.63, 3.8) is 0 Å². The summed E-state index contributed by atoms with van der Waals surface area (Å²) in [5, 5.41) is 3.36. The molecule has 17 heavy (non-hydrogen) atoms. The smallest absolute Gasteiger partial charge is 0.129 e. The van der Waals surface area contributed by atoms with Gasteiger partial charge in [0.15, 0.2) is 0 Å². The van der Waals surface area contributed by atoms with Crippen LogP contribution in [0.1, 0.15) is 44.7 Å². The molecule has 0 atom stereocenters. The molecule has 4 heteroatoms. The van der Waals surface area contributed by atoms with E-state index in [-0.39, 0.29) is 0 Å². The zero-order valence-electron chi connectivity index (χ0n) is 11.1. The van der Waals surface area contributed by atoms with E-state index in [0.29, 0.717) is 5.92 Å². The largest absolute Gasteiger partial charge is 0.370 e. The lowest BCUT2D eigenvalue weighted by Crippen LogP contribution is -2.05. The van der Waals surface area contributed by atoms with Gasteiger partial charge in [0, 0.05) is 18.3 Å². The van der Waals surface area contributed by atoms with Gasteiger partial charge in [-0.3, -0.25) is 0 Å². The van der Waals surface area contributed by atoms with Crippen LogP contribution in [0.3, 0.4) is 0 Å². The van der Waals surface area contributed by atoms with Crippen molar-refractivity contribution in [3.05, 3.63) is 18.1 Å². The summed E-state index contributed by atoms with van der Waals surface area (Å²) < 4.78 is 0. The van der Waals surface area contributed by atoms with Crippen LogP contribution in [0.4, 0.5) is 5.82 Å². The van der Waals surface area contributed by atoms with Gasteiger partial charge in [-0.25, -0.2) is 9.97 Å². The second kappa shape index (κ2) is 8.34. The van der Waals surface area contributed by atoms with Crippen molar-refractivity contribution < 1.29 is 0 Å². The standard InChI is InChI=1S/C13H23N3S/c1-11(2)12-9-13(16-10-15-12)14-7-5-4-6-8-17-3/h9-11H,4-8H2,1-3H3,(H,14,15,16). The minimum absolute atomic E-state index is 0.458. The van der Waals surface area contributed by atoms with Crippen LogP contribution in [0.25, 0.3) is 0 Å². The molecule has 0 aliphatic carbocycles. The van der Waals surface area contributed by atoms with Gasteiger partial charge in [0.25, 0.3) is 0 Å². The summed E-state index contributed by atoms with van der Waals surface area (Å²) in [6.07, 6.45) is 7.61. The van der Waals surface area contributed by atoms with Crippen molar-refractivity contribution in [1.82, 2.24) is 9.97 Å². The van der Waals surface area contributed by atoms with Crippen molar-refractivity contribution >= 4 is 17.6 Å². The molecule has 1 rings (SSSR count).